The van der Waals surface area contributed by atoms with Gasteiger partial charge in [0, 0.05) is 18.8 Å². The van der Waals surface area contributed by atoms with Crippen molar-refractivity contribution in [3.05, 3.63) is 35.7 Å². The van der Waals surface area contributed by atoms with E-state index in [9.17, 15) is 8.42 Å². The van der Waals surface area contributed by atoms with Crippen molar-refractivity contribution in [1.82, 2.24) is 15.0 Å². The highest BCUT2D eigenvalue weighted by Crippen LogP contribution is 2.31. The Morgan fingerprint density at radius 1 is 1.29 bits per heavy atom. The monoisotopic (exact) mass is 347 g/mol. The van der Waals surface area contributed by atoms with Crippen LogP contribution in [0.25, 0.3) is 0 Å². The summed E-state index contributed by atoms with van der Waals surface area (Å²) in [5, 5.41) is 13.7. The summed E-state index contributed by atoms with van der Waals surface area (Å²) in [6, 6.07) is 5.09. The largest absolute Gasteiger partial charge is 0.365 e. The lowest BCUT2D eigenvalue weighted by Gasteiger charge is -2.24. The summed E-state index contributed by atoms with van der Waals surface area (Å²) in [6.45, 7) is 2.42. The van der Waals surface area contributed by atoms with E-state index in [0.717, 1.165) is 42.4 Å². The van der Waals surface area contributed by atoms with Crippen LogP contribution in [0.2, 0.25) is 0 Å². The van der Waals surface area contributed by atoms with Crippen LogP contribution < -0.4 is 10.0 Å². The molecule has 0 spiro atoms. The molecule has 1 fully saturated rings. The summed E-state index contributed by atoms with van der Waals surface area (Å²) in [6.07, 6.45) is 6.79. The van der Waals surface area contributed by atoms with E-state index in [1.807, 2.05) is 16.9 Å². The first-order chi connectivity index (χ1) is 11.5. The van der Waals surface area contributed by atoms with Crippen molar-refractivity contribution in [1.29, 1.82) is 0 Å². The highest BCUT2D eigenvalue weighted by Gasteiger charge is 2.23. The first kappa shape index (κ1) is 15.6. The molecule has 0 amide bonds. The van der Waals surface area contributed by atoms with Gasteiger partial charge in [0.15, 0.2) is 0 Å². The molecule has 2 aromatic rings. The lowest BCUT2D eigenvalue weighted by atomic mass is 9.85. The van der Waals surface area contributed by atoms with E-state index < -0.39 is 10.0 Å². The predicted octanol–water partition coefficient (Wildman–Crippen LogP) is 1.29. The molecule has 0 saturated heterocycles. The van der Waals surface area contributed by atoms with Gasteiger partial charge in [-0.05, 0) is 42.9 Å². The van der Waals surface area contributed by atoms with Gasteiger partial charge in [0.25, 0.3) is 0 Å². The zero-order valence-corrected chi connectivity index (χ0v) is 14.2. The molecule has 1 aliphatic heterocycles. The number of nitrogens with zero attached hydrogens (tertiary/aromatic N) is 4. The second-order valence-electron chi connectivity index (χ2n) is 6.74. The molecule has 0 unspecified atom stereocenters. The molecule has 2 N–H and O–H groups in total. The maximum Gasteiger partial charge on any atom is 0.238 e. The minimum absolute atomic E-state index is 0.154. The van der Waals surface area contributed by atoms with Crippen molar-refractivity contribution in [2.24, 2.45) is 11.1 Å². The molecule has 0 atom stereocenters. The molecule has 1 aliphatic carbocycles. The number of fused-ring (bicyclic) bond motifs is 1. The summed E-state index contributed by atoms with van der Waals surface area (Å²) in [7, 11) is -3.69. The molecule has 8 heteroatoms. The van der Waals surface area contributed by atoms with E-state index in [2.05, 4.69) is 15.2 Å². The van der Waals surface area contributed by atoms with Crippen LogP contribution in [0, 0.1) is 5.92 Å². The third-order valence-corrected chi connectivity index (χ3v) is 5.90. The van der Waals surface area contributed by atoms with Gasteiger partial charge in [-0.1, -0.05) is 17.7 Å². The van der Waals surface area contributed by atoms with Crippen molar-refractivity contribution >= 4 is 15.7 Å². The van der Waals surface area contributed by atoms with Crippen LogP contribution in [0.1, 0.15) is 30.5 Å². The van der Waals surface area contributed by atoms with Gasteiger partial charge in [-0.25, -0.2) is 13.6 Å². The van der Waals surface area contributed by atoms with Crippen LogP contribution >= 0.6 is 0 Å². The molecule has 128 valence electrons. The molecular weight excluding hydrogens is 326 g/mol. The second kappa shape index (κ2) is 5.86. The minimum atomic E-state index is -3.69. The van der Waals surface area contributed by atoms with Gasteiger partial charge in [-0.3, -0.25) is 4.68 Å². The normalized spacial score (nSPS) is 17.8. The van der Waals surface area contributed by atoms with Crippen LogP contribution in [-0.4, -0.2) is 30.0 Å². The molecular formula is C16H21N5O2S. The molecule has 2 heterocycles. The Hall–Kier alpha value is -1.93. The predicted molar refractivity (Wildman–Crippen MR) is 89.9 cm³/mol. The number of hydrogen-bond donors (Lipinski definition) is 1. The van der Waals surface area contributed by atoms with Crippen LogP contribution in [-0.2, 0) is 29.5 Å². The fraction of sp³-hybridized carbons (Fsp3) is 0.500. The summed E-state index contributed by atoms with van der Waals surface area (Å²) in [5.74, 6) is 0.740. The lowest BCUT2D eigenvalue weighted by molar-refractivity contribution is 0.264. The number of benzene rings is 1. The van der Waals surface area contributed by atoms with E-state index in [1.54, 1.807) is 12.1 Å². The summed E-state index contributed by atoms with van der Waals surface area (Å²) in [5.41, 5.74) is 2.97. The standard InChI is InChI=1S/C16H21N5O2S/c17-24(22,23)15-5-4-13-6-7-20(16(13)8-15)10-14-11-21(19-18-14)9-12-2-1-3-12/h4-5,8,11-12H,1-3,6-7,9-10H2,(H2,17,22,23). The Labute approximate surface area is 141 Å². The third-order valence-electron chi connectivity index (χ3n) is 4.99. The van der Waals surface area contributed by atoms with Gasteiger partial charge in [0.2, 0.25) is 10.0 Å². The molecule has 0 bridgehead atoms. The van der Waals surface area contributed by atoms with Gasteiger partial charge in [-0.15, -0.1) is 5.10 Å². The quantitative estimate of drug-likeness (QED) is 0.879. The zero-order chi connectivity index (χ0) is 16.7. The third kappa shape index (κ3) is 3.03. The molecule has 7 nitrogen and oxygen atoms in total. The van der Waals surface area contributed by atoms with E-state index in [4.69, 9.17) is 5.14 Å². The van der Waals surface area contributed by atoms with Gasteiger partial charge in [0.1, 0.15) is 5.69 Å². The number of sulfonamides is 1. The van der Waals surface area contributed by atoms with Crippen molar-refractivity contribution in [2.75, 3.05) is 11.4 Å². The van der Waals surface area contributed by atoms with Crippen LogP contribution in [0.15, 0.2) is 29.3 Å². The molecule has 1 aromatic carbocycles. The Kier molecular flexibility index (Phi) is 3.80. The first-order valence-electron chi connectivity index (χ1n) is 8.29. The summed E-state index contributed by atoms with van der Waals surface area (Å²) >= 11 is 0. The number of primary sulfonamides is 1. The van der Waals surface area contributed by atoms with Crippen molar-refractivity contribution in [3.63, 3.8) is 0 Å². The van der Waals surface area contributed by atoms with Crippen LogP contribution in [0.3, 0.4) is 0 Å². The Morgan fingerprint density at radius 2 is 2.12 bits per heavy atom. The summed E-state index contributed by atoms with van der Waals surface area (Å²) in [4.78, 5) is 2.30. The second-order valence-corrected chi connectivity index (χ2v) is 8.30. The average molecular weight is 347 g/mol. The van der Waals surface area contributed by atoms with E-state index in [1.165, 1.54) is 19.3 Å². The van der Waals surface area contributed by atoms with E-state index in [-0.39, 0.29) is 4.90 Å². The molecule has 4 rings (SSSR count). The summed E-state index contributed by atoms with van der Waals surface area (Å²) < 4.78 is 25.1. The maximum atomic E-state index is 11.6. The first-order valence-corrected chi connectivity index (χ1v) is 9.83. The van der Waals surface area contributed by atoms with E-state index >= 15 is 0 Å². The lowest BCUT2D eigenvalue weighted by Crippen LogP contribution is -2.20. The van der Waals surface area contributed by atoms with Crippen molar-refractivity contribution in [3.8, 4) is 0 Å². The highest BCUT2D eigenvalue weighted by molar-refractivity contribution is 7.89. The number of hydrogen-bond acceptors (Lipinski definition) is 5. The zero-order valence-electron chi connectivity index (χ0n) is 13.4. The van der Waals surface area contributed by atoms with Gasteiger partial charge in [0.05, 0.1) is 17.6 Å². The SMILES string of the molecule is NS(=O)(=O)c1ccc2c(c1)N(Cc1cn(CC3CCC3)nn1)CC2. The Bertz CT molecular complexity index is 857. The van der Waals surface area contributed by atoms with Gasteiger partial charge in [-0.2, -0.15) is 0 Å². The van der Waals surface area contributed by atoms with Gasteiger partial charge < -0.3 is 4.90 Å². The van der Waals surface area contributed by atoms with Crippen LogP contribution in [0.4, 0.5) is 5.69 Å². The molecule has 1 saturated carbocycles. The average Bonchev–Trinajstić information content (AvgIpc) is 3.09. The smallest absolute Gasteiger partial charge is 0.238 e. The number of nitrogens with two attached hydrogens (primary N) is 1. The topological polar surface area (TPSA) is 94.1 Å². The van der Waals surface area contributed by atoms with Crippen molar-refractivity contribution in [2.45, 2.75) is 43.7 Å². The number of aromatic nitrogens is 3. The molecule has 2 aliphatic rings. The fourth-order valence-electron chi connectivity index (χ4n) is 3.40. The highest BCUT2D eigenvalue weighted by atomic mass is 32.2. The van der Waals surface area contributed by atoms with Crippen LogP contribution in [0.5, 0.6) is 0 Å². The minimum Gasteiger partial charge on any atom is -0.365 e. The van der Waals surface area contributed by atoms with Crippen molar-refractivity contribution < 1.29 is 8.42 Å². The Balaban J connectivity index is 1.51. The number of rotatable bonds is 5. The fourth-order valence-corrected chi connectivity index (χ4v) is 3.94. The van der Waals surface area contributed by atoms with Gasteiger partial charge >= 0.3 is 0 Å². The molecule has 1 aromatic heterocycles. The van der Waals surface area contributed by atoms with E-state index in [0.29, 0.717) is 6.54 Å². The Morgan fingerprint density at radius 3 is 2.83 bits per heavy atom. The molecule has 24 heavy (non-hydrogen) atoms. The number of anilines is 1. The molecule has 0 radical (unpaired) electrons. The maximum absolute atomic E-state index is 11.6.